The van der Waals surface area contributed by atoms with Crippen LogP contribution in [0.25, 0.3) is 0 Å². The van der Waals surface area contributed by atoms with Crippen LogP contribution >= 0.6 is 0 Å². The number of carbonyl (C=O) groups is 1. The van der Waals surface area contributed by atoms with Crippen molar-refractivity contribution in [3.05, 3.63) is 35.9 Å². The first-order valence-electron chi connectivity index (χ1n) is 6.27. The normalized spacial score (nSPS) is 15.6. The maximum absolute atomic E-state index is 10.5. The van der Waals surface area contributed by atoms with Crippen LogP contribution in [0.4, 0.5) is 0 Å². The van der Waals surface area contributed by atoms with Gasteiger partial charge in [-0.05, 0) is 24.3 Å². The molecule has 0 spiro atoms. The number of ketones is 1. The maximum atomic E-state index is 10.5. The van der Waals surface area contributed by atoms with E-state index in [9.17, 15) is 4.79 Å². The lowest BCUT2D eigenvalue weighted by Crippen LogP contribution is -2.02. The van der Waals surface area contributed by atoms with Crippen LogP contribution in [0.2, 0.25) is 0 Å². The molecule has 0 aromatic heterocycles. The molecule has 1 fully saturated rings. The molecule has 0 aliphatic heterocycles. The fourth-order valence-corrected chi connectivity index (χ4v) is 1.78. The minimum absolute atomic E-state index is 0.464. The molecular formula is C15H22O. The number of rotatable bonds is 1. The molecular weight excluding hydrogens is 196 g/mol. The zero-order chi connectivity index (χ0) is 11.8. The first-order chi connectivity index (χ1) is 7.70. The zero-order valence-corrected chi connectivity index (χ0v) is 10.4. The van der Waals surface area contributed by atoms with Crippen LogP contribution in [0.1, 0.15) is 57.4 Å². The lowest BCUT2D eigenvalue weighted by atomic mass is 10.00. The molecule has 1 aromatic rings. The van der Waals surface area contributed by atoms with Gasteiger partial charge in [-0.3, -0.25) is 4.79 Å². The third kappa shape index (κ3) is 5.11. The minimum atomic E-state index is 0.464. The van der Waals surface area contributed by atoms with Crippen molar-refractivity contribution in [1.82, 2.24) is 0 Å². The van der Waals surface area contributed by atoms with Crippen LogP contribution in [-0.4, -0.2) is 5.78 Å². The summed E-state index contributed by atoms with van der Waals surface area (Å²) in [5, 5.41) is 0. The van der Waals surface area contributed by atoms with Crippen LogP contribution in [-0.2, 0) is 4.79 Å². The Morgan fingerprint density at radius 1 is 0.938 bits per heavy atom. The van der Waals surface area contributed by atoms with Crippen LogP contribution in [0.15, 0.2) is 30.3 Å². The number of hydrogen-bond donors (Lipinski definition) is 0. The Kier molecular flexibility index (Phi) is 5.84. The summed E-state index contributed by atoms with van der Waals surface area (Å²) in [6.07, 6.45) is 5.24. The number of Topliss-reactive ketones (excluding diaryl/α,β-unsaturated/α-hetero) is 1. The lowest BCUT2D eigenvalue weighted by Gasteiger charge is -2.05. The van der Waals surface area contributed by atoms with Gasteiger partial charge in [-0.1, -0.05) is 50.6 Å². The lowest BCUT2D eigenvalue weighted by molar-refractivity contribution is -0.120. The van der Waals surface area contributed by atoms with Crippen molar-refractivity contribution in [1.29, 1.82) is 0 Å². The average molecular weight is 218 g/mol. The molecule has 88 valence electrons. The molecule has 0 N–H and O–H groups in total. The molecule has 2 rings (SSSR count). The van der Waals surface area contributed by atoms with Gasteiger partial charge in [0.2, 0.25) is 0 Å². The molecule has 0 bridgehead atoms. The van der Waals surface area contributed by atoms with E-state index in [-0.39, 0.29) is 0 Å². The summed E-state index contributed by atoms with van der Waals surface area (Å²) in [6.45, 7) is 4.41. The molecule has 0 saturated heterocycles. The molecule has 16 heavy (non-hydrogen) atoms. The molecule has 1 nitrogen and oxygen atoms in total. The second-order valence-electron chi connectivity index (χ2n) is 4.66. The van der Waals surface area contributed by atoms with Crippen molar-refractivity contribution in [3.63, 3.8) is 0 Å². The Morgan fingerprint density at radius 3 is 1.81 bits per heavy atom. The second-order valence-corrected chi connectivity index (χ2v) is 4.66. The van der Waals surface area contributed by atoms with Gasteiger partial charge in [0, 0.05) is 12.8 Å². The summed E-state index contributed by atoms with van der Waals surface area (Å²) in [6, 6.07) is 10.5. The predicted molar refractivity (Wildman–Crippen MR) is 68.6 cm³/mol. The highest BCUT2D eigenvalue weighted by molar-refractivity contribution is 5.78. The van der Waals surface area contributed by atoms with Gasteiger partial charge < -0.3 is 0 Å². The number of benzene rings is 1. The minimum Gasteiger partial charge on any atom is -0.300 e. The van der Waals surface area contributed by atoms with Gasteiger partial charge in [0.15, 0.2) is 0 Å². The number of carbonyl (C=O) groups excluding carboxylic acids is 1. The average Bonchev–Trinajstić information content (AvgIpc) is 2.32. The molecule has 0 atom stereocenters. The first-order valence-corrected chi connectivity index (χ1v) is 6.27. The van der Waals surface area contributed by atoms with E-state index in [1.54, 1.807) is 0 Å². The van der Waals surface area contributed by atoms with Crippen molar-refractivity contribution >= 4 is 5.78 Å². The Morgan fingerprint density at radius 2 is 1.50 bits per heavy atom. The SMILES string of the molecule is CC(C)c1ccccc1.O=C1CCCCC1. The Bertz CT molecular complexity index is 292. The van der Waals surface area contributed by atoms with Crippen LogP contribution in [0, 0.1) is 0 Å². The third-order valence-corrected chi connectivity index (χ3v) is 2.88. The molecule has 1 aliphatic carbocycles. The molecule has 0 unspecified atom stereocenters. The third-order valence-electron chi connectivity index (χ3n) is 2.88. The van der Waals surface area contributed by atoms with E-state index in [1.807, 2.05) is 6.07 Å². The van der Waals surface area contributed by atoms with E-state index in [0.29, 0.717) is 11.7 Å². The van der Waals surface area contributed by atoms with E-state index in [4.69, 9.17) is 0 Å². The van der Waals surface area contributed by atoms with E-state index < -0.39 is 0 Å². The van der Waals surface area contributed by atoms with E-state index >= 15 is 0 Å². The molecule has 1 saturated carbocycles. The van der Waals surface area contributed by atoms with E-state index in [1.165, 1.54) is 12.0 Å². The largest absolute Gasteiger partial charge is 0.300 e. The van der Waals surface area contributed by atoms with Crippen molar-refractivity contribution in [2.24, 2.45) is 0 Å². The van der Waals surface area contributed by atoms with Gasteiger partial charge in [0.1, 0.15) is 5.78 Å². The fourth-order valence-electron chi connectivity index (χ4n) is 1.78. The fraction of sp³-hybridized carbons (Fsp3) is 0.533. The molecule has 1 heteroatoms. The standard InChI is InChI=1S/C9H12.C6H10O/c1-8(2)9-6-4-3-5-7-9;7-6-4-2-1-3-5-6/h3-8H,1-2H3;1-5H2. The van der Waals surface area contributed by atoms with Gasteiger partial charge in [-0.25, -0.2) is 0 Å². The smallest absolute Gasteiger partial charge is 0.132 e. The monoisotopic (exact) mass is 218 g/mol. The van der Waals surface area contributed by atoms with Gasteiger partial charge >= 0.3 is 0 Å². The second kappa shape index (κ2) is 7.21. The van der Waals surface area contributed by atoms with Crippen molar-refractivity contribution in [3.8, 4) is 0 Å². The highest BCUT2D eigenvalue weighted by Crippen LogP contribution is 2.12. The maximum Gasteiger partial charge on any atom is 0.132 e. The first kappa shape index (κ1) is 13.0. The summed E-state index contributed by atoms with van der Waals surface area (Å²) in [7, 11) is 0. The highest BCUT2D eigenvalue weighted by Gasteiger charge is 2.05. The van der Waals surface area contributed by atoms with Crippen molar-refractivity contribution < 1.29 is 4.79 Å². The predicted octanol–water partition coefficient (Wildman–Crippen LogP) is 4.33. The van der Waals surface area contributed by atoms with Crippen LogP contribution in [0.5, 0.6) is 0 Å². The summed E-state index contributed by atoms with van der Waals surface area (Å²) >= 11 is 0. The van der Waals surface area contributed by atoms with E-state index in [0.717, 1.165) is 25.7 Å². The molecule has 0 amide bonds. The van der Waals surface area contributed by atoms with Gasteiger partial charge in [0.05, 0.1) is 0 Å². The molecule has 1 aromatic carbocycles. The Balaban J connectivity index is 0.000000165. The highest BCUT2D eigenvalue weighted by atomic mass is 16.1. The molecule has 1 aliphatic rings. The van der Waals surface area contributed by atoms with Crippen LogP contribution in [0.3, 0.4) is 0 Å². The number of hydrogen-bond acceptors (Lipinski definition) is 1. The summed E-state index contributed by atoms with van der Waals surface area (Å²) in [4.78, 5) is 10.5. The Hall–Kier alpha value is -1.11. The van der Waals surface area contributed by atoms with Crippen molar-refractivity contribution in [2.45, 2.75) is 51.9 Å². The van der Waals surface area contributed by atoms with Gasteiger partial charge in [-0.2, -0.15) is 0 Å². The van der Waals surface area contributed by atoms with Gasteiger partial charge in [-0.15, -0.1) is 0 Å². The Labute approximate surface area is 98.9 Å². The van der Waals surface area contributed by atoms with Crippen molar-refractivity contribution in [2.75, 3.05) is 0 Å². The zero-order valence-electron chi connectivity index (χ0n) is 10.4. The van der Waals surface area contributed by atoms with Gasteiger partial charge in [0.25, 0.3) is 0 Å². The van der Waals surface area contributed by atoms with E-state index in [2.05, 4.69) is 38.1 Å². The quantitative estimate of drug-likeness (QED) is 0.685. The summed E-state index contributed by atoms with van der Waals surface area (Å²) in [5.41, 5.74) is 1.41. The summed E-state index contributed by atoms with van der Waals surface area (Å²) in [5.74, 6) is 1.12. The topological polar surface area (TPSA) is 17.1 Å². The summed E-state index contributed by atoms with van der Waals surface area (Å²) < 4.78 is 0. The molecule has 0 heterocycles. The van der Waals surface area contributed by atoms with Crippen LogP contribution < -0.4 is 0 Å². The molecule has 0 radical (unpaired) electrons.